The summed E-state index contributed by atoms with van der Waals surface area (Å²) >= 11 is 1.24. The van der Waals surface area contributed by atoms with Gasteiger partial charge in [0.05, 0.1) is 42.2 Å². The molecule has 10 heteroatoms. The monoisotopic (exact) mass is 564 g/mol. The fourth-order valence-electron chi connectivity index (χ4n) is 4.35. The van der Waals surface area contributed by atoms with E-state index in [0.717, 1.165) is 24.2 Å². The Hall–Kier alpha value is -4.18. The number of thiazole rings is 1. The van der Waals surface area contributed by atoms with Crippen molar-refractivity contribution in [3.05, 3.63) is 84.5 Å². The Balaban J connectivity index is 1.83. The van der Waals surface area contributed by atoms with Crippen LogP contribution in [0.3, 0.4) is 0 Å². The molecule has 0 radical (unpaired) electrons. The molecule has 1 aliphatic rings. The van der Waals surface area contributed by atoms with Gasteiger partial charge in [-0.25, -0.2) is 9.79 Å². The standard InChI is InChI=1S/C30H32N2O7S/c1-6-8-15-38-22-12-9-20(10-13-22)16-25-28(34)32-27(21-11-14-23(39-19(4)33)24(17-21)36-5)26(29(35)37-7-2)18(3)31-30(32)40-25/h9-14,16-17,27H,6-8,15H2,1-5H3/b25-16-. The average molecular weight is 565 g/mol. The number of carbonyl (C=O) groups excluding carboxylic acids is 2. The molecule has 0 bridgehead atoms. The van der Waals surface area contributed by atoms with Crippen molar-refractivity contribution in [2.45, 2.75) is 46.6 Å². The third kappa shape index (κ3) is 6.17. The van der Waals surface area contributed by atoms with Crippen LogP contribution < -0.4 is 29.1 Å². The van der Waals surface area contributed by atoms with Crippen LogP contribution in [0.1, 0.15) is 57.7 Å². The largest absolute Gasteiger partial charge is 0.494 e. The Morgan fingerprint density at radius 3 is 2.50 bits per heavy atom. The van der Waals surface area contributed by atoms with Crippen molar-refractivity contribution in [1.82, 2.24) is 4.57 Å². The summed E-state index contributed by atoms with van der Waals surface area (Å²) in [6.07, 6.45) is 3.83. The number of hydrogen-bond acceptors (Lipinski definition) is 9. The zero-order valence-corrected chi connectivity index (χ0v) is 24.0. The van der Waals surface area contributed by atoms with Gasteiger partial charge in [-0.15, -0.1) is 0 Å². The first-order chi connectivity index (χ1) is 19.3. The molecule has 2 heterocycles. The van der Waals surface area contributed by atoms with Gasteiger partial charge in [0.15, 0.2) is 16.3 Å². The normalized spacial score (nSPS) is 14.8. The van der Waals surface area contributed by atoms with Gasteiger partial charge in [-0.2, -0.15) is 0 Å². The first-order valence-corrected chi connectivity index (χ1v) is 13.9. The minimum absolute atomic E-state index is 0.166. The molecule has 1 aliphatic heterocycles. The Labute approximate surface area is 236 Å². The predicted octanol–water partition coefficient (Wildman–Crippen LogP) is 3.91. The maximum absolute atomic E-state index is 13.8. The van der Waals surface area contributed by atoms with Crippen LogP contribution in [-0.2, 0) is 14.3 Å². The van der Waals surface area contributed by atoms with E-state index in [1.807, 2.05) is 24.3 Å². The average Bonchev–Trinajstić information content (AvgIpc) is 3.23. The molecule has 0 amide bonds. The van der Waals surface area contributed by atoms with Gasteiger partial charge in [0.25, 0.3) is 5.56 Å². The molecule has 0 saturated carbocycles. The van der Waals surface area contributed by atoms with Crippen molar-refractivity contribution in [2.75, 3.05) is 20.3 Å². The number of methoxy groups -OCH3 is 1. The summed E-state index contributed by atoms with van der Waals surface area (Å²) in [5.74, 6) is 0.223. The smallest absolute Gasteiger partial charge is 0.338 e. The Bertz CT molecular complexity index is 1620. The van der Waals surface area contributed by atoms with Crippen LogP contribution in [0.25, 0.3) is 6.08 Å². The highest BCUT2D eigenvalue weighted by Gasteiger charge is 2.34. The third-order valence-corrected chi connectivity index (χ3v) is 7.20. The fourth-order valence-corrected chi connectivity index (χ4v) is 5.39. The van der Waals surface area contributed by atoms with E-state index >= 15 is 0 Å². The van der Waals surface area contributed by atoms with Gasteiger partial charge >= 0.3 is 11.9 Å². The van der Waals surface area contributed by atoms with E-state index in [9.17, 15) is 14.4 Å². The minimum atomic E-state index is -0.827. The number of carbonyl (C=O) groups is 2. The highest BCUT2D eigenvalue weighted by Crippen LogP contribution is 2.36. The molecule has 210 valence electrons. The number of unbranched alkanes of at least 4 members (excludes halogenated alkanes) is 1. The van der Waals surface area contributed by atoms with Gasteiger partial charge in [0.1, 0.15) is 5.75 Å². The molecule has 0 saturated heterocycles. The Morgan fingerprint density at radius 1 is 1.10 bits per heavy atom. The lowest BCUT2D eigenvalue weighted by Gasteiger charge is -2.25. The predicted molar refractivity (Wildman–Crippen MR) is 152 cm³/mol. The van der Waals surface area contributed by atoms with Crippen LogP contribution >= 0.6 is 11.3 Å². The van der Waals surface area contributed by atoms with E-state index in [0.29, 0.717) is 27.2 Å². The summed E-state index contributed by atoms with van der Waals surface area (Å²) in [7, 11) is 1.45. The van der Waals surface area contributed by atoms with E-state index in [1.54, 1.807) is 38.1 Å². The van der Waals surface area contributed by atoms with Gasteiger partial charge in [-0.1, -0.05) is 42.9 Å². The fraction of sp³-hybridized carbons (Fsp3) is 0.333. The van der Waals surface area contributed by atoms with Crippen LogP contribution in [0.15, 0.2) is 63.5 Å². The number of aromatic nitrogens is 1. The molecular weight excluding hydrogens is 532 g/mol. The maximum atomic E-state index is 13.8. The number of rotatable bonds is 10. The number of fused-ring (bicyclic) bond motifs is 1. The quantitative estimate of drug-likeness (QED) is 0.209. The summed E-state index contributed by atoms with van der Waals surface area (Å²) < 4.78 is 23.8. The van der Waals surface area contributed by atoms with E-state index in [1.165, 1.54) is 29.9 Å². The van der Waals surface area contributed by atoms with Crippen LogP contribution in [0.4, 0.5) is 0 Å². The lowest BCUT2D eigenvalue weighted by atomic mass is 9.95. The van der Waals surface area contributed by atoms with Crippen LogP contribution in [-0.4, -0.2) is 36.8 Å². The van der Waals surface area contributed by atoms with Gasteiger partial charge < -0.3 is 18.9 Å². The molecule has 0 N–H and O–H groups in total. The van der Waals surface area contributed by atoms with Crippen molar-refractivity contribution >= 4 is 29.4 Å². The number of ether oxygens (including phenoxy) is 4. The zero-order valence-electron chi connectivity index (χ0n) is 23.2. The molecule has 0 fully saturated rings. The highest BCUT2D eigenvalue weighted by atomic mass is 32.1. The van der Waals surface area contributed by atoms with Gasteiger partial charge in [-0.3, -0.25) is 14.2 Å². The molecule has 0 spiro atoms. The van der Waals surface area contributed by atoms with Crippen LogP contribution in [0.2, 0.25) is 0 Å². The molecule has 9 nitrogen and oxygen atoms in total. The zero-order chi connectivity index (χ0) is 28.8. The summed E-state index contributed by atoms with van der Waals surface area (Å²) in [4.78, 5) is 43.6. The number of allylic oxidation sites excluding steroid dienone is 1. The molecule has 1 aromatic heterocycles. The SMILES string of the molecule is CCCCOc1ccc(/C=c2\sc3n(c2=O)C(c2ccc(OC(C)=O)c(OC)c2)C(C(=O)OCC)=C(C)N=3)cc1. The van der Waals surface area contributed by atoms with Gasteiger partial charge in [0, 0.05) is 6.92 Å². The summed E-state index contributed by atoms with van der Waals surface area (Å²) in [5.41, 5.74) is 1.81. The van der Waals surface area contributed by atoms with Crippen molar-refractivity contribution in [1.29, 1.82) is 0 Å². The molecule has 3 aromatic rings. The second kappa shape index (κ2) is 12.8. The highest BCUT2D eigenvalue weighted by molar-refractivity contribution is 7.07. The van der Waals surface area contributed by atoms with Gasteiger partial charge in [-0.05, 0) is 61.7 Å². The molecule has 0 aliphatic carbocycles. The molecule has 4 rings (SSSR count). The van der Waals surface area contributed by atoms with Crippen LogP contribution in [0, 0.1) is 0 Å². The second-order valence-corrected chi connectivity index (χ2v) is 10.1. The van der Waals surface area contributed by atoms with E-state index in [-0.39, 0.29) is 29.2 Å². The molecule has 1 unspecified atom stereocenters. The first-order valence-electron chi connectivity index (χ1n) is 13.1. The number of hydrogen-bond donors (Lipinski definition) is 0. The van der Waals surface area contributed by atoms with Crippen molar-refractivity contribution < 1.29 is 28.5 Å². The summed E-state index contributed by atoms with van der Waals surface area (Å²) in [5, 5.41) is 0. The van der Waals surface area contributed by atoms with E-state index in [4.69, 9.17) is 18.9 Å². The second-order valence-electron chi connectivity index (χ2n) is 9.08. The number of esters is 2. The first kappa shape index (κ1) is 28.8. The van der Waals surface area contributed by atoms with Crippen LogP contribution in [0.5, 0.6) is 17.2 Å². The molecule has 40 heavy (non-hydrogen) atoms. The molecular formula is C30H32N2O7S. The van der Waals surface area contributed by atoms with Crippen molar-refractivity contribution in [2.24, 2.45) is 4.99 Å². The van der Waals surface area contributed by atoms with E-state index < -0.39 is 18.0 Å². The molecule has 1 atom stereocenters. The van der Waals surface area contributed by atoms with Gasteiger partial charge in [0.2, 0.25) is 0 Å². The topological polar surface area (TPSA) is 105 Å². The maximum Gasteiger partial charge on any atom is 0.338 e. The minimum Gasteiger partial charge on any atom is -0.494 e. The number of nitrogens with zero attached hydrogens (tertiary/aromatic N) is 2. The summed E-state index contributed by atoms with van der Waals surface area (Å²) in [6.45, 7) is 7.66. The van der Waals surface area contributed by atoms with Crippen molar-refractivity contribution in [3.63, 3.8) is 0 Å². The Morgan fingerprint density at radius 2 is 1.85 bits per heavy atom. The van der Waals surface area contributed by atoms with Crippen molar-refractivity contribution in [3.8, 4) is 17.2 Å². The third-order valence-electron chi connectivity index (χ3n) is 6.22. The summed E-state index contributed by atoms with van der Waals surface area (Å²) in [6, 6.07) is 11.6. The lowest BCUT2D eigenvalue weighted by molar-refractivity contribution is -0.139. The van der Waals surface area contributed by atoms with E-state index in [2.05, 4.69) is 11.9 Å². The molecule has 2 aromatic carbocycles. The number of benzene rings is 2. The Kier molecular flexibility index (Phi) is 9.21. The lowest BCUT2D eigenvalue weighted by Crippen LogP contribution is -2.40.